The van der Waals surface area contributed by atoms with Gasteiger partial charge in [-0.2, -0.15) is 23.1 Å². The summed E-state index contributed by atoms with van der Waals surface area (Å²) in [4.78, 5) is 16.4. The van der Waals surface area contributed by atoms with Crippen LogP contribution in [0.25, 0.3) is 11.1 Å². The van der Waals surface area contributed by atoms with Crippen LogP contribution in [0.5, 0.6) is 17.6 Å². The van der Waals surface area contributed by atoms with Crippen LogP contribution < -0.4 is 23.7 Å². The zero-order valence-corrected chi connectivity index (χ0v) is 22.4. The summed E-state index contributed by atoms with van der Waals surface area (Å²) in [7, 11) is -2.56. The van der Waals surface area contributed by atoms with E-state index in [1.54, 1.807) is 24.3 Å². The van der Waals surface area contributed by atoms with E-state index in [1.807, 2.05) is 0 Å². The summed E-state index contributed by atoms with van der Waals surface area (Å²) >= 11 is 3.39. The number of nitrogens with one attached hydrogen (secondary N) is 2. The van der Waals surface area contributed by atoms with Crippen LogP contribution >= 0.6 is 15.9 Å². The van der Waals surface area contributed by atoms with Crippen LogP contribution in [0.4, 0.5) is 10.2 Å². The monoisotopic (exact) mass is 604 g/mol. The molecule has 0 radical (unpaired) electrons. The Balaban J connectivity index is 1.50. The molecule has 0 saturated carbocycles. The maximum Gasteiger partial charge on any atom is 0.316 e. The highest BCUT2D eigenvalue weighted by atomic mass is 79.9. The van der Waals surface area contributed by atoms with Gasteiger partial charge < -0.3 is 14.2 Å². The van der Waals surface area contributed by atoms with Gasteiger partial charge in [-0.05, 0) is 35.4 Å². The summed E-state index contributed by atoms with van der Waals surface area (Å²) in [6.07, 6.45) is 4.13. The number of hydrogen-bond acceptors (Lipinski definition) is 9. The molecule has 11 nitrogen and oxygen atoms in total. The maximum absolute atomic E-state index is 13.1. The first-order valence-electron chi connectivity index (χ1n) is 11.1. The second kappa shape index (κ2) is 12.6. The van der Waals surface area contributed by atoms with Crippen molar-refractivity contribution < 1.29 is 27.0 Å². The zero-order chi connectivity index (χ0) is 27.0. The molecule has 0 amide bonds. The molecule has 14 heteroatoms. The number of nitrogens with zero attached hydrogens (tertiary/aromatic N) is 4. The average molecular weight is 605 g/mol. The molecule has 4 aromatic rings. The van der Waals surface area contributed by atoms with Gasteiger partial charge in [0.15, 0.2) is 11.6 Å². The lowest BCUT2D eigenvalue weighted by Gasteiger charge is -2.16. The van der Waals surface area contributed by atoms with Gasteiger partial charge in [-0.3, -0.25) is 4.72 Å². The lowest BCUT2D eigenvalue weighted by Crippen LogP contribution is -2.30. The number of rotatable bonds is 12. The Morgan fingerprint density at radius 1 is 0.921 bits per heavy atom. The van der Waals surface area contributed by atoms with Gasteiger partial charge in [0.05, 0.1) is 25.1 Å². The minimum absolute atomic E-state index is 0.00309. The quantitative estimate of drug-likeness (QED) is 0.231. The predicted molar refractivity (Wildman–Crippen MR) is 141 cm³/mol. The minimum atomic E-state index is -4.07. The molecular formula is C24H22BrFN6O5S. The highest BCUT2D eigenvalue weighted by Gasteiger charge is 2.20. The Morgan fingerprint density at radius 3 is 2.29 bits per heavy atom. The molecule has 0 spiro atoms. The van der Waals surface area contributed by atoms with E-state index >= 15 is 0 Å². The normalized spacial score (nSPS) is 11.1. The molecule has 0 fully saturated rings. The molecule has 4 rings (SSSR count). The van der Waals surface area contributed by atoms with Crippen LogP contribution in [0.15, 0.2) is 71.7 Å². The summed E-state index contributed by atoms with van der Waals surface area (Å²) in [6, 6.07) is 12.7. The van der Waals surface area contributed by atoms with Crippen molar-refractivity contribution in [1.29, 1.82) is 0 Å². The fourth-order valence-corrected chi connectivity index (χ4v) is 4.24. The van der Waals surface area contributed by atoms with E-state index in [0.29, 0.717) is 22.4 Å². The zero-order valence-electron chi connectivity index (χ0n) is 20.0. The molecule has 0 bridgehead atoms. The molecule has 2 aromatic heterocycles. The molecule has 2 aromatic carbocycles. The van der Waals surface area contributed by atoms with Gasteiger partial charge in [-0.25, -0.2) is 14.4 Å². The van der Waals surface area contributed by atoms with Crippen molar-refractivity contribution >= 4 is 32.0 Å². The Morgan fingerprint density at radius 2 is 1.61 bits per heavy atom. The first kappa shape index (κ1) is 27.2. The largest absolute Gasteiger partial charge is 0.494 e. The van der Waals surface area contributed by atoms with Gasteiger partial charge in [-0.15, -0.1) is 0 Å². The fourth-order valence-electron chi connectivity index (χ4n) is 3.13. The van der Waals surface area contributed by atoms with E-state index in [2.05, 4.69) is 45.3 Å². The summed E-state index contributed by atoms with van der Waals surface area (Å²) in [5.74, 6) is 0.223. The Kier molecular flexibility index (Phi) is 8.99. The molecule has 198 valence electrons. The third-order valence-electron chi connectivity index (χ3n) is 4.95. The summed E-state index contributed by atoms with van der Waals surface area (Å²) in [5, 5.41) is 0. The fraction of sp³-hybridized carbons (Fsp3) is 0.167. The van der Waals surface area contributed by atoms with Gasteiger partial charge in [0.2, 0.25) is 5.88 Å². The molecular weight excluding hydrogens is 583 g/mol. The number of anilines is 1. The first-order valence-corrected chi connectivity index (χ1v) is 13.3. The second-order valence-electron chi connectivity index (χ2n) is 7.56. The highest BCUT2D eigenvalue weighted by molar-refractivity contribution is 9.10. The van der Waals surface area contributed by atoms with E-state index in [-0.39, 0.29) is 37.5 Å². The number of hydrogen-bond donors (Lipinski definition) is 2. The lowest BCUT2D eigenvalue weighted by atomic mass is 10.1. The molecule has 0 aliphatic carbocycles. The third-order valence-corrected chi connectivity index (χ3v) is 6.46. The van der Waals surface area contributed by atoms with E-state index in [4.69, 9.17) is 14.2 Å². The van der Waals surface area contributed by atoms with Crippen molar-refractivity contribution in [2.45, 2.75) is 6.54 Å². The Labute approximate surface area is 226 Å². The van der Waals surface area contributed by atoms with Crippen molar-refractivity contribution in [2.75, 3.05) is 25.0 Å². The predicted octanol–water partition coefficient (Wildman–Crippen LogP) is 3.75. The number of ether oxygens (including phenoxy) is 3. The van der Waals surface area contributed by atoms with Crippen molar-refractivity contribution in [1.82, 2.24) is 24.7 Å². The van der Waals surface area contributed by atoms with Gasteiger partial charge in [0.25, 0.3) is 0 Å². The van der Waals surface area contributed by atoms with Crippen LogP contribution in [-0.2, 0) is 16.8 Å². The summed E-state index contributed by atoms with van der Waals surface area (Å²) < 4.78 is 60.8. The second-order valence-corrected chi connectivity index (χ2v) is 9.98. The van der Waals surface area contributed by atoms with Crippen molar-refractivity contribution in [3.63, 3.8) is 0 Å². The molecule has 38 heavy (non-hydrogen) atoms. The Bertz CT molecular complexity index is 1460. The third kappa shape index (κ3) is 7.57. The maximum atomic E-state index is 13.1. The smallest absolute Gasteiger partial charge is 0.316 e. The Hall–Kier alpha value is -3.88. The molecule has 0 aliphatic heterocycles. The standard InChI is InChI=1S/C24H22BrFN6O5S/c1-35-20-13-27-24(28-14-20)37-11-10-36-23-21(17-4-6-18(25)7-5-17)22(29-15-30-23)32-38(33,34)31-12-16-2-8-19(26)9-3-16/h2-9,13-15,31H,10-12H2,1H3,(H,29,30,32). The van der Waals surface area contributed by atoms with Crippen molar-refractivity contribution in [2.24, 2.45) is 0 Å². The van der Waals surface area contributed by atoms with Crippen LogP contribution in [0.3, 0.4) is 0 Å². The van der Waals surface area contributed by atoms with Crippen LogP contribution in [0.1, 0.15) is 5.56 Å². The molecule has 2 heterocycles. The lowest BCUT2D eigenvalue weighted by molar-refractivity contribution is 0.201. The first-order chi connectivity index (χ1) is 18.3. The number of aromatic nitrogens is 4. The van der Waals surface area contributed by atoms with E-state index < -0.39 is 16.0 Å². The highest BCUT2D eigenvalue weighted by Crippen LogP contribution is 2.35. The number of halogens is 2. The van der Waals surface area contributed by atoms with Gasteiger partial charge in [-0.1, -0.05) is 40.2 Å². The van der Waals surface area contributed by atoms with E-state index in [0.717, 1.165) is 4.47 Å². The molecule has 0 aliphatic rings. The van der Waals surface area contributed by atoms with Crippen LogP contribution in [0, 0.1) is 5.82 Å². The van der Waals surface area contributed by atoms with Crippen molar-refractivity contribution in [3.8, 4) is 28.8 Å². The SMILES string of the molecule is COc1cnc(OCCOc2ncnc(NS(=O)(=O)NCc3ccc(F)cc3)c2-c2ccc(Br)cc2)nc1. The molecule has 2 N–H and O–H groups in total. The van der Waals surface area contributed by atoms with Crippen molar-refractivity contribution in [3.05, 3.63) is 83.1 Å². The van der Waals surface area contributed by atoms with Crippen LogP contribution in [-0.4, -0.2) is 48.7 Å². The van der Waals surface area contributed by atoms with Gasteiger partial charge >= 0.3 is 16.2 Å². The number of methoxy groups -OCH3 is 1. The topological polar surface area (TPSA) is 137 Å². The minimum Gasteiger partial charge on any atom is -0.494 e. The van der Waals surface area contributed by atoms with Crippen LogP contribution in [0.2, 0.25) is 0 Å². The van der Waals surface area contributed by atoms with Gasteiger partial charge in [0.1, 0.15) is 25.4 Å². The molecule has 0 unspecified atom stereocenters. The molecule has 0 atom stereocenters. The number of benzene rings is 2. The average Bonchev–Trinajstić information content (AvgIpc) is 2.92. The van der Waals surface area contributed by atoms with E-state index in [1.165, 1.54) is 50.1 Å². The van der Waals surface area contributed by atoms with Gasteiger partial charge in [0, 0.05) is 11.0 Å². The molecule has 0 saturated heterocycles. The summed E-state index contributed by atoms with van der Waals surface area (Å²) in [6.45, 7) is 0.101. The van der Waals surface area contributed by atoms with E-state index in [9.17, 15) is 12.8 Å². The summed E-state index contributed by atoms with van der Waals surface area (Å²) in [5.41, 5.74) is 1.52.